The molecule has 1 nitrogen and oxygen atoms in total. The molecule has 0 unspecified atom stereocenters. The van der Waals surface area contributed by atoms with Gasteiger partial charge in [-0.1, -0.05) is 61.5 Å². The molecule has 0 saturated heterocycles. The first-order chi connectivity index (χ1) is 11.6. The normalized spacial score (nSPS) is 12.1. The number of allylic oxidation sites excluding steroid dienone is 2. The van der Waals surface area contributed by atoms with Gasteiger partial charge in [0.25, 0.3) is 0 Å². The monoisotopic (exact) mass is 322 g/mol. The Hall–Kier alpha value is -1.86. The minimum absolute atomic E-state index is 0.610. The molecule has 1 atom stereocenters. The van der Waals surface area contributed by atoms with Gasteiger partial charge in [0.2, 0.25) is 0 Å². The Morgan fingerprint density at radius 3 is 2.58 bits per heavy atom. The Kier molecular flexibility index (Phi) is 7.27. The maximum atomic E-state index is 5.85. The largest absolute Gasteiger partial charge is 0.377 e. The second-order valence-electron chi connectivity index (χ2n) is 6.97. The van der Waals surface area contributed by atoms with Crippen molar-refractivity contribution in [2.45, 2.75) is 40.0 Å². The van der Waals surface area contributed by atoms with Crippen molar-refractivity contribution in [3.8, 4) is 0 Å². The van der Waals surface area contributed by atoms with Gasteiger partial charge in [-0.15, -0.1) is 0 Å². The number of hydrogen-bond donors (Lipinski definition) is 0. The smallest absolute Gasteiger partial charge is 0.0716 e. The van der Waals surface area contributed by atoms with Crippen molar-refractivity contribution >= 4 is 16.3 Å². The van der Waals surface area contributed by atoms with Crippen molar-refractivity contribution in [3.05, 3.63) is 66.3 Å². The summed E-state index contributed by atoms with van der Waals surface area (Å²) in [4.78, 5) is 0. The van der Waals surface area contributed by atoms with E-state index >= 15 is 0 Å². The minimum atomic E-state index is 0.610. The fraction of sp³-hybridized carbons (Fsp3) is 0.391. The van der Waals surface area contributed by atoms with Crippen molar-refractivity contribution in [1.29, 1.82) is 0 Å². The van der Waals surface area contributed by atoms with Crippen LogP contribution in [0.2, 0.25) is 0 Å². The summed E-state index contributed by atoms with van der Waals surface area (Å²) in [6, 6.07) is 14.9. The van der Waals surface area contributed by atoms with E-state index < -0.39 is 0 Å². The Morgan fingerprint density at radius 2 is 1.83 bits per heavy atom. The summed E-state index contributed by atoms with van der Waals surface area (Å²) in [6.45, 7) is 12.2. The predicted octanol–water partition coefficient (Wildman–Crippen LogP) is 6.64. The topological polar surface area (TPSA) is 9.23 Å². The van der Waals surface area contributed by atoms with Gasteiger partial charge in [-0.2, -0.15) is 0 Å². The Labute approximate surface area is 147 Å². The van der Waals surface area contributed by atoms with Crippen LogP contribution in [-0.4, -0.2) is 13.2 Å². The van der Waals surface area contributed by atoms with E-state index in [1.54, 1.807) is 0 Å². The first-order valence-electron chi connectivity index (χ1n) is 8.94. The van der Waals surface area contributed by atoms with Crippen LogP contribution in [0.15, 0.2) is 60.7 Å². The van der Waals surface area contributed by atoms with Crippen molar-refractivity contribution in [1.82, 2.24) is 0 Å². The number of ether oxygens (including phenoxy) is 1. The van der Waals surface area contributed by atoms with Gasteiger partial charge in [-0.05, 0) is 67.0 Å². The third kappa shape index (κ3) is 5.98. The van der Waals surface area contributed by atoms with Gasteiger partial charge in [0.05, 0.1) is 6.61 Å². The third-order valence-electron chi connectivity index (χ3n) is 4.40. The fourth-order valence-corrected chi connectivity index (χ4v) is 2.77. The van der Waals surface area contributed by atoms with Crippen molar-refractivity contribution in [3.63, 3.8) is 0 Å². The molecule has 0 heterocycles. The van der Waals surface area contributed by atoms with Crippen LogP contribution in [0.1, 0.15) is 45.6 Å². The number of fused-ring (bicyclic) bond motifs is 1. The number of benzene rings is 2. The lowest BCUT2D eigenvalue weighted by Crippen LogP contribution is -2.04. The highest BCUT2D eigenvalue weighted by atomic mass is 16.5. The summed E-state index contributed by atoms with van der Waals surface area (Å²) in [6.07, 6.45) is 5.84. The molecule has 0 aliphatic carbocycles. The summed E-state index contributed by atoms with van der Waals surface area (Å²) in [7, 11) is 0. The highest BCUT2D eigenvalue weighted by Gasteiger charge is 2.04. The van der Waals surface area contributed by atoms with Crippen LogP contribution in [0.25, 0.3) is 16.3 Å². The van der Waals surface area contributed by atoms with E-state index in [4.69, 9.17) is 4.74 Å². The summed E-state index contributed by atoms with van der Waals surface area (Å²) >= 11 is 0. The summed E-state index contributed by atoms with van der Waals surface area (Å²) in [5.41, 5.74) is 3.63. The van der Waals surface area contributed by atoms with Crippen molar-refractivity contribution in [2.75, 3.05) is 13.2 Å². The van der Waals surface area contributed by atoms with Gasteiger partial charge in [0.1, 0.15) is 0 Å². The van der Waals surface area contributed by atoms with Crippen LogP contribution in [0.4, 0.5) is 0 Å². The minimum Gasteiger partial charge on any atom is -0.377 e. The van der Waals surface area contributed by atoms with E-state index in [0.717, 1.165) is 18.6 Å². The van der Waals surface area contributed by atoms with E-state index in [0.29, 0.717) is 12.5 Å². The van der Waals surface area contributed by atoms with E-state index in [2.05, 4.69) is 75.9 Å². The lowest BCUT2D eigenvalue weighted by molar-refractivity contribution is 0.151. The molecule has 0 amide bonds. The summed E-state index contributed by atoms with van der Waals surface area (Å²) in [5, 5.41) is 2.52. The molecular weight excluding hydrogens is 292 g/mol. The quantitative estimate of drug-likeness (QED) is 0.371. The zero-order valence-electron chi connectivity index (χ0n) is 15.3. The molecule has 0 aliphatic heterocycles. The van der Waals surface area contributed by atoms with Crippen LogP contribution in [-0.2, 0) is 4.74 Å². The van der Waals surface area contributed by atoms with E-state index in [1.807, 2.05) is 0 Å². The first kappa shape index (κ1) is 18.5. The number of hydrogen-bond acceptors (Lipinski definition) is 1. The Balaban J connectivity index is 1.73. The molecule has 0 aromatic heterocycles. The van der Waals surface area contributed by atoms with Gasteiger partial charge in [0, 0.05) is 6.61 Å². The molecular formula is C23H30O. The fourth-order valence-electron chi connectivity index (χ4n) is 2.77. The molecule has 0 aliphatic rings. The third-order valence-corrected chi connectivity index (χ3v) is 4.40. The second kappa shape index (κ2) is 9.44. The van der Waals surface area contributed by atoms with E-state index in [9.17, 15) is 0 Å². The van der Waals surface area contributed by atoms with Gasteiger partial charge in [0.15, 0.2) is 0 Å². The standard InChI is InChI=1S/C23H30O/c1-18(2)8-7-9-19(3)14-15-24-17-20(4)22-13-12-21-10-5-6-11-23(21)16-22/h5-6,8,10-13,16,19H,4,7,9,14-15,17H2,1-3H3/t19-/m0/s1. The van der Waals surface area contributed by atoms with Gasteiger partial charge in [-0.25, -0.2) is 0 Å². The van der Waals surface area contributed by atoms with Gasteiger partial charge in [-0.3, -0.25) is 0 Å². The maximum absolute atomic E-state index is 5.85. The molecule has 0 bridgehead atoms. The molecule has 24 heavy (non-hydrogen) atoms. The first-order valence-corrected chi connectivity index (χ1v) is 8.94. The summed E-state index contributed by atoms with van der Waals surface area (Å²) < 4.78 is 5.85. The van der Waals surface area contributed by atoms with E-state index in [1.165, 1.54) is 34.8 Å². The predicted molar refractivity (Wildman–Crippen MR) is 106 cm³/mol. The van der Waals surface area contributed by atoms with Crippen molar-refractivity contribution in [2.24, 2.45) is 5.92 Å². The average Bonchev–Trinajstić information content (AvgIpc) is 2.57. The van der Waals surface area contributed by atoms with Crippen LogP contribution in [0.5, 0.6) is 0 Å². The van der Waals surface area contributed by atoms with Crippen molar-refractivity contribution < 1.29 is 4.74 Å². The SMILES string of the molecule is C=C(COCC[C@@H](C)CCC=C(C)C)c1ccc2ccccc2c1. The van der Waals surface area contributed by atoms with Crippen LogP contribution in [0, 0.1) is 5.92 Å². The lowest BCUT2D eigenvalue weighted by Gasteiger charge is -2.12. The molecule has 0 spiro atoms. The Morgan fingerprint density at radius 1 is 1.08 bits per heavy atom. The molecule has 2 rings (SSSR count). The highest BCUT2D eigenvalue weighted by Crippen LogP contribution is 2.20. The summed E-state index contributed by atoms with van der Waals surface area (Å²) in [5.74, 6) is 0.703. The second-order valence-corrected chi connectivity index (χ2v) is 6.97. The lowest BCUT2D eigenvalue weighted by atomic mass is 10.0. The molecule has 128 valence electrons. The molecule has 1 heteroatoms. The van der Waals surface area contributed by atoms with Crippen LogP contribution >= 0.6 is 0 Å². The molecule has 0 radical (unpaired) electrons. The zero-order chi connectivity index (χ0) is 17.4. The molecule has 0 saturated carbocycles. The molecule has 2 aromatic carbocycles. The molecule has 0 N–H and O–H groups in total. The average molecular weight is 322 g/mol. The van der Waals surface area contributed by atoms with Crippen LogP contribution < -0.4 is 0 Å². The maximum Gasteiger partial charge on any atom is 0.0716 e. The zero-order valence-corrected chi connectivity index (χ0v) is 15.3. The van der Waals surface area contributed by atoms with E-state index in [-0.39, 0.29) is 0 Å². The molecule has 2 aromatic rings. The van der Waals surface area contributed by atoms with Gasteiger partial charge >= 0.3 is 0 Å². The Bertz CT molecular complexity index is 692. The highest BCUT2D eigenvalue weighted by molar-refractivity contribution is 5.86. The number of rotatable bonds is 9. The molecule has 0 fully saturated rings. The van der Waals surface area contributed by atoms with Gasteiger partial charge < -0.3 is 4.74 Å². The van der Waals surface area contributed by atoms with Crippen LogP contribution in [0.3, 0.4) is 0 Å².